The highest BCUT2D eigenvalue weighted by Gasteiger charge is 2.23. The van der Waals surface area contributed by atoms with E-state index in [9.17, 15) is 0 Å². The Bertz CT molecular complexity index is 4170. The number of fused-ring (bicyclic) bond motifs is 13. The van der Waals surface area contributed by atoms with Crippen LogP contribution in [0.25, 0.3) is 131 Å². The molecule has 14 rings (SSSR count). The van der Waals surface area contributed by atoms with E-state index in [2.05, 4.69) is 209 Å². The number of aromatic nitrogens is 5. The van der Waals surface area contributed by atoms with Crippen molar-refractivity contribution in [1.82, 2.24) is 24.1 Å². The number of thiophene rings is 1. The van der Waals surface area contributed by atoms with Crippen LogP contribution in [0.5, 0.6) is 0 Å². The average Bonchev–Trinajstić information content (AvgIpc) is 4.00. The van der Waals surface area contributed by atoms with Crippen LogP contribution in [-0.4, -0.2) is 24.1 Å². The molecule has 0 unspecified atom stereocenters. The fourth-order valence-electron chi connectivity index (χ4n) is 10.2. The molecular formula is C57H33N5S. The maximum absolute atomic E-state index is 5.55. The van der Waals surface area contributed by atoms with Crippen LogP contribution in [-0.2, 0) is 0 Å². The summed E-state index contributed by atoms with van der Waals surface area (Å²) in [4.78, 5) is 16.5. The van der Waals surface area contributed by atoms with Crippen molar-refractivity contribution in [3.05, 3.63) is 200 Å². The second-order valence-electron chi connectivity index (χ2n) is 16.4. The number of hydrogen-bond acceptors (Lipinski definition) is 4. The highest BCUT2D eigenvalue weighted by atomic mass is 32.1. The van der Waals surface area contributed by atoms with Gasteiger partial charge >= 0.3 is 0 Å². The predicted molar refractivity (Wildman–Crippen MR) is 265 cm³/mol. The van der Waals surface area contributed by atoms with Gasteiger partial charge in [-0.05, 0) is 80.8 Å². The molecule has 0 aliphatic rings. The third kappa shape index (κ3) is 5.07. The zero-order chi connectivity index (χ0) is 41.2. The lowest BCUT2D eigenvalue weighted by molar-refractivity contribution is 0.955. The fourth-order valence-corrected chi connectivity index (χ4v) is 11.3. The molecule has 10 aromatic carbocycles. The summed E-state index contributed by atoms with van der Waals surface area (Å²) in [6.07, 6.45) is 0. The minimum Gasteiger partial charge on any atom is -0.309 e. The summed E-state index contributed by atoms with van der Waals surface area (Å²) in [5.41, 5.74) is 7.38. The Kier molecular flexibility index (Phi) is 7.21. The summed E-state index contributed by atoms with van der Waals surface area (Å²) in [7, 11) is 0. The van der Waals surface area contributed by atoms with Crippen LogP contribution >= 0.6 is 11.3 Å². The van der Waals surface area contributed by atoms with Crippen LogP contribution in [0.2, 0.25) is 0 Å². The van der Waals surface area contributed by atoms with Gasteiger partial charge in [-0.25, -0.2) is 4.98 Å². The van der Waals surface area contributed by atoms with Crippen LogP contribution in [0.3, 0.4) is 0 Å². The SMILES string of the molecule is c1ccc2cc3c(cc2c1)c1c2ccccc2ccc1n3-c1cc(-c2nc(-c3cccc4ccccc34)nc(-n3c4ccccc4c4ccccc43)n2)c2c(c1)sc1ccccc12. The van der Waals surface area contributed by atoms with Crippen LogP contribution < -0.4 is 0 Å². The lowest BCUT2D eigenvalue weighted by Crippen LogP contribution is -2.07. The van der Waals surface area contributed by atoms with Gasteiger partial charge in [0.15, 0.2) is 11.6 Å². The molecule has 0 fully saturated rings. The van der Waals surface area contributed by atoms with Crippen molar-refractivity contribution in [2.45, 2.75) is 0 Å². The Morgan fingerprint density at radius 1 is 0.317 bits per heavy atom. The fraction of sp³-hybridized carbons (Fsp3) is 0. The Labute approximate surface area is 364 Å². The molecule has 0 saturated heterocycles. The summed E-state index contributed by atoms with van der Waals surface area (Å²) in [6.45, 7) is 0. The highest BCUT2D eigenvalue weighted by Crippen LogP contribution is 2.45. The lowest BCUT2D eigenvalue weighted by atomic mass is 10.0. The van der Waals surface area contributed by atoms with Crippen molar-refractivity contribution in [3.8, 4) is 34.4 Å². The standard InChI is InChI=1S/C57H33N5S/c1-2-17-37-31-50-45(30-36(37)16-1)53-40-20-6-4-15-35(40)28-29-49(53)61(50)38-32-46(54-44-23-9-12-27-51(44)63-52(54)33-38)56-58-55(43-24-13-18-34-14-3-5-19-39(34)43)59-57(60-56)62-47-25-10-7-21-41(47)42-22-8-11-26-48(42)62/h1-33H. The first-order valence-corrected chi connectivity index (χ1v) is 22.1. The molecule has 63 heavy (non-hydrogen) atoms. The molecule has 0 atom stereocenters. The van der Waals surface area contributed by atoms with Crippen LogP contribution in [0.15, 0.2) is 200 Å². The van der Waals surface area contributed by atoms with E-state index in [0.717, 1.165) is 65.8 Å². The van der Waals surface area contributed by atoms with Crippen LogP contribution in [0, 0.1) is 0 Å². The zero-order valence-corrected chi connectivity index (χ0v) is 34.5. The second kappa shape index (κ2) is 13.2. The van der Waals surface area contributed by atoms with E-state index < -0.39 is 0 Å². The first kappa shape index (κ1) is 34.5. The summed E-state index contributed by atoms with van der Waals surface area (Å²) in [5.74, 6) is 1.83. The lowest BCUT2D eigenvalue weighted by Gasteiger charge is -2.15. The van der Waals surface area contributed by atoms with Crippen molar-refractivity contribution in [2.75, 3.05) is 0 Å². The number of rotatable bonds is 4. The van der Waals surface area contributed by atoms with Gasteiger partial charge in [-0.1, -0.05) is 152 Å². The third-order valence-corrected chi connectivity index (χ3v) is 14.0. The van der Waals surface area contributed by atoms with E-state index in [1.165, 1.54) is 47.1 Å². The average molecular weight is 820 g/mol. The summed E-state index contributed by atoms with van der Waals surface area (Å²) in [5, 5.41) is 14.2. The highest BCUT2D eigenvalue weighted by molar-refractivity contribution is 7.26. The first-order chi connectivity index (χ1) is 31.2. The molecule has 0 N–H and O–H groups in total. The molecule has 0 aliphatic carbocycles. The maximum Gasteiger partial charge on any atom is 0.238 e. The van der Waals surface area contributed by atoms with Gasteiger partial charge in [0.1, 0.15) is 0 Å². The van der Waals surface area contributed by atoms with Gasteiger partial charge in [-0.15, -0.1) is 11.3 Å². The molecule has 0 saturated carbocycles. The van der Waals surface area contributed by atoms with Gasteiger partial charge in [-0.3, -0.25) is 4.57 Å². The molecule has 6 heteroatoms. The Morgan fingerprint density at radius 3 is 1.67 bits per heavy atom. The quantitative estimate of drug-likeness (QED) is 0.178. The molecule has 0 bridgehead atoms. The molecule has 292 valence electrons. The second-order valence-corrected chi connectivity index (χ2v) is 17.5. The topological polar surface area (TPSA) is 48.5 Å². The largest absolute Gasteiger partial charge is 0.309 e. The van der Waals surface area contributed by atoms with Gasteiger partial charge in [0.25, 0.3) is 0 Å². The maximum atomic E-state index is 5.55. The molecule has 0 amide bonds. The van der Waals surface area contributed by atoms with Crippen molar-refractivity contribution in [3.63, 3.8) is 0 Å². The van der Waals surface area contributed by atoms with Crippen LogP contribution in [0.1, 0.15) is 0 Å². The number of benzene rings is 10. The third-order valence-electron chi connectivity index (χ3n) is 12.9. The van der Waals surface area contributed by atoms with Gasteiger partial charge < -0.3 is 4.57 Å². The van der Waals surface area contributed by atoms with Gasteiger partial charge in [0, 0.05) is 58.5 Å². The summed E-state index contributed by atoms with van der Waals surface area (Å²) in [6, 6.07) is 72.1. The smallest absolute Gasteiger partial charge is 0.238 e. The van der Waals surface area contributed by atoms with Gasteiger partial charge in [0.2, 0.25) is 5.95 Å². The minimum atomic E-state index is 0.577. The summed E-state index contributed by atoms with van der Waals surface area (Å²) >= 11 is 1.82. The van der Waals surface area contributed by atoms with Gasteiger partial charge in [0.05, 0.1) is 22.1 Å². The van der Waals surface area contributed by atoms with Crippen molar-refractivity contribution in [2.24, 2.45) is 0 Å². The number of nitrogens with zero attached hydrogens (tertiary/aromatic N) is 5. The molecule has 0 spiro atoms. The van der Waals surface area contributed by atoms with E-state index in [4.69, 9.17) is 15.0 Å². The Balaban J connectivity index is 1.13. The van der Waals surface area contributed by atoms with Crippen molar-refractivity contribution in [1.29, 1.82) is 0 Å². The molecule has 4 aromatic heterocycles. The monoisotopic (exact) mass is 819 g/mol. The molecular weight excluding hydrogens is 787 g/mol. The van der Waals surface area contributed by atoms with E-state index >= 15 is 0 Å². The summed E-state index contributed by atoms with van der Waals surface area (Å²) < 4.78 is 7.06. The van der Waals surface area contributed by atoms with Crippen LogP contribution in [0.4, 0.5) is 0 Å². The van der Waals surface area contributed by atoms with Crippen molar-refractivity contribution >= 4 is 107 Å². The molecule has 14 aromatic rings. The Morgan fingerprint density at radius 2 is 0.905 bits per heavy atom. The van der Waals surface area contributed by atoms with E-state index in [1.807, 2.05) is 11.3 Å². The number of hydrogen-bond donors (Lipinski definition) is 0. The Hall–Kier alpha value is -8.19. The normalized spacial score (nSPS) is 12.1. The van der Waals surface area contributed by atoms with E-state index in [1.54, 1.807) is 0 Å². The molecule has 0 aliphatic heterocycles. The van der Waals surface area contributed by atoms with Crippen molar-refractivity contribution < 1.29 is 0 Å². The molecule has 0 radical (unpaired) electrons. The minimum absolute atomic E-state index is 0.577. The predicted octanol–water partition coefficient (Wildman–Crippen LogP) is 15.2. The zero-order valence-electron chi connectivity index (χ0n) is 33.7. The van der Waals surface area contributed by atoms with E-state index in [-0.39, 0.29) is 0 Å². The number of para-hydroxylation sites is 2. The molecule has 4 heterocycles. The van der Waals surface area contributed by atoms with Gasteiger partial charge in [-0.2, -0.15) is 9.97 Å². The first-order valence-electron chi connectivity index (χ1n) is 21.3. The van der Waals surface area contributed by atoms with E-state index in [0.29, 0.717) is 17.6 Å². The molecule has 5 nitrogen and oxygen atoms in total.